The van der Waals surface area contributed by atoms with Crippen LogP contribution in [0.1, 0.15) is 29.6 Å². The number of hydrogen-bond acceptors (Lipinski definition) is 3. The second-order valence-corrected chi connectivity index (χ2v) is 7.62. The number of thiophene rings is 1. The number of nitrogens with zero attached hydrogens (tertiary/aromatic N) is 1. The Hall–Kier alpha value is -0.140. The van der Waals surface area contributed by atoms with E-state index < -0.39 is 0 Å². The Morgan fingerprint density at radius 1 is 1.41 bits per heavy atom. The molecule has 2 saturated heterocycles. The average Bonchev–Trinajstić information content (AvgIpc) is 2.84. The minimum atomic E-state index is 0.207. The summed E-state index contributed by atoms with van der Waals surface area (Å²) in [7, 11) is 0. The molecule has 1 aromatic rings. The third-order valence-corrected chi connectivity index (χ3v) is 5.41. The number of carbonyl (C=O) groups is 1. The molecule has 1 aromatic heterocycles. The lowest BCUT2D eigenvalue weighted by molar-refractivity contribution is 0.0748. The topological polar surface area (TPSA) is 32.3 Å². The van der Waals surface area contributed by atoms with Crippen LogP contribution in [0.5, 0.6) is 0 Å². The Kier molecular flexibility index (Phi) is 3.40. The van der Waals surface area contributed by atoms with Crippen LogP contribution in [-0.2, 0) is 0 Å². The number of nitrogens with one attached hydrogen (secondary N) is 1. The van der Waals surface area contributed by atoms with E-state index in [2.05, 4.69) is 27.9 Å². The van der Waals surface area contributed by atoms with Crippen LogP contribution in [0.4, 0.5) is 0 Å². The average molecular weight is 362 g/mol. The maximum Gasteiger partial charge on any atom is 0.254 e. The largest absolute Gasteiger partial charge is 0.337 e. The lowest BCUT2D eigenvalue weighted by atomic mass is 10.1. The van der Waals surface area contributed by atoms with Gasteiger partial charge in [-0.3, -0.25) is 4.79 Å². The molecule has 2 atom stereocenters. The molecule has 3 heterocycles. The SMILES string of the molecule is O=C(c1csc(I)c1)N1CCC2CCC(C1)N2. The third-order valence-electron chi connectivity index (χ3n) is 3.62. The van der Waals surface area contributed by atoms with Crippen LogP contribution in [0, 0.1) is 2.88 Å². The van der Waals surface area contributed by atoms with Gasteiger partial charge in [-0.05, 0) is 47.9 Å². The fraction of sp³-hybridized carbons (Fsp3) is 0.583. The molecule has 2 fully saturated rings. The molecule has 1 N–H and O–H groups in total. The molecule has 3 rings (SSSR count). The van der Waals surface area contributed by atoms with E-state index in [9.17, 15) is 4.79 Å². The highest BCUT2D eigenvalue weighted by molar-refractivity contribution is 14.1. The molecule has 17 heavy (non-hydrogen) atoms. The van der Waals surface area contributed by atoms with Crippen molar-refractivity contribution in [2.75, 3.05) is 13.1 Å². The minimum Gasteiger partial charge on any atom is -0.337 e. The first kappa shape index (κ1) is 11.9. The fourth-order valence-electron chi connectivity index (χ4n) is 2.73. The molecule has 0 spiro atoms. The molecule has 0 aromatic carbocycles. The molecule has 0 saturated carbocycles. The monoisotopic (exact) mass is 362 g/mol. The van der Waals surface area contributed by atoms with Crippen LogP contribution < -0.4 is 5.32 Å². The first-order valence-corrected chi connectivity index (χ1v) is 7.97. The van der Waals surface area contributed by atoms with Gasteiger partial charge >= 0.3 is 0 Å². The van der Waals surface area contributed by atoms with Crippen molar-refractivity contribution < 1.29 is 4.79 Å². The first-order valence-electron chi connectivity index (χ1n) is 6.02. The van der Waals surface area contributed by atoms with E-state index in [1.807, 2.05) is 16.3 Å². The molecular formula is C12H15IN2OS. The summed E-state index contributed by atoms with van der Waals surface area (Å²) in [5, 5.41) is 5.57. The molecular weight excluding hydrogens is 347 g/mol. The van der Waals surface area contributed by atoms with Crippen molar-refractivity contribution in [3.05, 3.63) is 19.9 Å². The highest BCUT2D eigenvalue weighted by Gasteiger charge is 2.31. The molecule has 5 heteroatoms. The van der Waals surface area contributed by atoms with Gasteiger partial charge in [-0.25, -0.2) is 0 Å². The smallest absolute Gasteiger partial charge is 0.254 e. The Morgan fingerprint density at radius 2 is 2.24 bits per heavy atom. The Balaban J connectivity index is 1.73. The summed E-state index contributed by atoms with van der Waals surface area (Å²) < 4.78 is 1.18. The molecule has 2 bridgehead atoms. The number of carbonyl (C=O) groups excluding carboxylic acids is 1. The molecule has 1 amide bonds. The van der Waals surface area contributed by atoms with Crippen molar-refractivity contribution >= 4 is 39.8 Å². The number of hydrogen-bond donors (Lipinski definition) is 1. The molecule has 2 unspecified atom stereocenters. The van der Waals surface area contributed by atoms with Gasteiger partial charge in [0, 0.05) is 30.6 Å². The summed E-state index contributed by atoms with van der Waals surface area (Å²) in [4.78, 5) is 14.4. The number of amides is 1. The second-order valence-electron chi connectivity index (χ2n) is 4.82. The van der Waals surface area contributed by atoms with Crippen LogP contribution in [0.15, 0.2) is 11.4 Å². The maximum absolute atomic E-state index is 12.3. The zero-order valence-corrected chi connectivity index (χ0v) is 12.5. The quantitative estimate of drug-likeness (QED) is 0.778. The van der Waals surface area contributed by atoms with Crippen molar-refractivity contribution in [2.24, 2.45) is 0 Å². The van der Waals surface area contributed by atoms with E-state index in [-0.39, 0.29) is 5.91 Å². The predicted octanol–water partition coefficient (Wildman–Crippen LogP) is 2.32. The normalized spacial score (nSPS) is 28.2. The Labute approximate surface area is 119 Å². The van der Waals surface area contributed by atoms with Crippen LogP contribution in [0.2, 0.25) is 0 Å². The number of fused-ring (bicyclic) bond motifs is 2. The van der Waals surface area contributed by atoms with Gasteiger partial charge in [-0.15, -0.1) is 11.3 Å². The summed E-state index contributed by atoms with van der Waals surface area (Å²) >= 11 is 3.91. The van der Waals surface area contributed by atoms with Crippen LogP contribution in [-0.4, -0.2) is 36.0 Å². The zero-order chi connectivity index (χ0) is 11.8. The van der Waals surface area contributed by atoms with Gasteiger partial charge in [-0.2, -0.15) is 0 Å². The van der Waals surface area contributed by atoms with Crippen molar-refractivity contribution in [1.82, 2.24) is 10.2 Å². The van der Waals surface area contributed by atoms with Gasteiger partial charge < -0.3 is 10.2 Å². The lowest BCUT2D eigenvalue weighted by Crippen LogP contribution is -2.38. The maximum atomic E-state index is 12.3. The summed E-state index contributed by atoms with van der Waals surface area (Å²) in [6.45, 7) is 1.78. The van der Waals surface area contributed by atoms with E-state index in [1.165, 1.54) is 15.7 Å². The zero-order valence-electron chi connectivity index (χ0n) is 9.49. The number of halogens is 1. The number of likely N-dealkylation sites (tertiary alicyclic amines) is 1. The Bertz CT molecular complexity index is 434. The van der Waals surface area contributed by atoms with Gasteiger partial charge in [0.2, 0.25) is 0 Å². The molecule has 2 aliphatic heterocycles. The third kappa shape index (κ3) is 2.51. The molecule has 92 valence electrons. The summed E-state index contributed by atoms with van der Waals surface area (Å²) in [6.07, 6.45) is 3.60. The van der Waals surface area contributed by atoms with E-state index in [0.29, 0.717) is 12.1 Å². The van der Waals surface area contributed by atoms with Crippen LogP contribution in [0.25, 0.3) is 0 Å². The van der Waals surface area contributed by atoms with Gasteiger partial charge in [0.15, 0.2) is 0 Å². The number of rotatable bonds is 1. The van der Waals surface area contributed by atoms with Crippen molar-refractivity contribution in [3.8, 4) is 0 Å². The molecule has 3 nitrogen and oxygen atoms in total. The van der Waals surface area contributed by atoms with Crippen molar-refractivity contribution in [2.45, 2.75) is 31.3 Å². The van der Waals surface area contributed by atoms with E-state index in [4.69, 9.17) is 0 Å². The van der Waals surface area contributed by atoms with Crippen LogP contribution >= 0.6 is 33.9 Å². The van der Waals surface area contributed by atoms with E-state index in [0.717, 1.165) is 25.1 Å². The second kappa shape index (κ2) is 4.85. The van der Waals surface area contributed by atoms with Gasteiger partial charge in [0.1, 0.15) is 0 Å². The minimum absolute atomic E-state index is 0.207. The van der Waals surface area contributed by atoms with Crippen molar-refractivity contribution in [1.29, 1.82) is 0 Å². The first-order chi connectivity index (χ1) is 8.22. The summed E-state index contributed by atoms with van der Waals surface area (Å²) in [5.74, 6) is 0.207. The lowest BCUT2D eigenvalue weighted by Gasteiger charge is -2.23. The highest BCUT2D eigenvalue weighted by Crippen LogP contribution is 2.23. The fourth-order valence-corrected chi connectivity index (χ4v) is 4.05. The van der Waals surface area contributed by atoms with Gasteiger partial charge in [0.05, 0.1) is 8.45 Å². The Morgan fingerprint density at radius 3 is 3.00 bits per heavy atom. The summed E-state index contributed by atoms with van der Waals surface area (Å²) in [6, 6.07) is 3.15. The molecule has 2 aliphatic rings. The molecule has 0 aliphatic carbocycles. The standard InChI is InChI=1S/C12H15IN2OS/c13-11-5-8(7-17-11)12(16)15-4-3-9-1-2-10(6-15)14-9/h5,7,9-10,14H,1-4,6H2. The van der Waals surface area contributed by atoms with Crippen molar-refractivity contribution in [3.63, 3.8) is 0 Å². The van der Waals surface area contributed by atoms with Gasteiger partial charge in [0.25, 0.3) is 5.91 Å². The predicted molar refractivity (Wildman–Crippen MR) is 77.5 cm³/mol. The summed E-state index contributed by atoms with van der Waals surface area (Å²) in [5.41, 5.74) is 0.858. The van der Waals surface area contributed by atoms with Gasteiger partial charge in [-0.1, -0.05) is 0 Å². The molecule has 0 radical (unpaired) electrons. The highest BCUT2D eigenvalue weighted by atomic mass is 127. The van der Waals surface area contributed by atoms with Crippen LogP contribution in [0.3, 0.4) is 0 Å². The van der Waals surface area contributed by atoms with E-state index in [1.54, 1.807) is 11.3 Å². The van der Waals surface area contributed by atoms with E-state index >= 15 is 0 Å².